The summed E-state index contributed by atoms with van der Waals surface area (Å²) in [6, 6.07) is 0. The second-order valence-electron chi connectivity index (χ2n) is 18.8. The molecule has 0 aliphatic carbocycles. The number of Topliss-reactive ketones (excluding diaryl/α,β-unsaturated/α-hetero) is 1. The number of nitrogens with one attached hydrogen (secondary N) is 3. The van der Waals surface area contributed by atoms with Crippen molar-refractivity contribution in [2.45, 2.75) is 136 Å². The van der Waals surface area contributed by atoms with Crippen LogP contribution in [0.1, 0.15) is 96.4 Å². The van der Waals surface area contributed by atoms with Gasteiger partial charge in [0.15, 0.2) is 0 Å². The zero-order chi connectivity index (χ0) is 63.3. The second kappa shape index (κ2) is 89.1. The third-order valence-electron chi connectivity index (χ3n) is 2.31. The highest BCUT2D eigenvalue weighted by Gasteiger charge is 2.19. The summed E-state index contributed by atoms with van der Waals surface area (Å²) in [6.07, 6.45) is 11.5. The molecule has 0 bridgehead atoms. The standard InChI is InChI=1S/C5H12.C4H12O2Si.C4H12Si.C4H10.C3H7NO2.C3H7NO.C3H9N.C3H6O2.C3H6O.C3H8.C2H7N.C2H6O3S.C2H6O2S.C2H6OS.C2H6O.C2H6S/c1-5(2,3)4;1-5-7(3,4)6-2;1-5(2,3)4;1-4(2)3;1-4-3(5)6-2;1-3(5)4-2;1-4(2)3;1-3(4)5-2;1-3(2)4;2*1-3-2;1-5-6(2,3)4;1-5(2,3)4;1-4(2)3;2*1-3-2/h1-4H3;1-4H3;1-4H3;4H,1-3H3;1-2H3,(H,4,5);1-2H3,(H,4,5);1-3H3;1-2H3;1-2H3;3H2,1-2H3;3H,1-2H3;1-2H3;1-2H3;1-2H3;2*1-2H3. The first kappa shape index (κ1) is 115. The molecular formula is C47H126N4O15S4Si2. The van der Waals surface area contributed by atoms with E-state index >= 15 is 0 Å². The Morgan fingerprint density at radius 3 is 0.764 bits per heavy atom. The summed E-state index contributed by atoms with van der Waals surface area (Å²) in [5.41, 5.74) is 0.500. The molecule has 0 aromatic heterocycles. The molecule has 2 amide bonds. The Labute approximate surface area is 458 Å². The van der Waals surface area contributed by atoms with E-state index in [-0.39, 0.29) is 17.7 Å². The molecule has 0 aromatic rings. The largest absolute Gasteiger partial charge is 0.469 e. The fraction of sp³-hybridized carbons (Fsp3) is 0.915. The Kier molecular flexibility index (Phi) is 142. The van der Waals surface area contributed by atoms with Gasteiger partial charge in [0.25, 0.3) is 10.1 Å². The van der Waals surface area contributed by atoms with Crippen molar-refractivity contribution in [1.29, 1.82) is 0 Å². The van der Waals surface area contributed by atoms with E-state index in [0.717, 1.165) is 31.8 Å². The maximum absolute atomic E-state index is 9.85. The number of carbonyl (C=O) groups excluding carboxylic acids is 4. The van der Waals surface area contributed by atoms with Gasteiger partial charge in [-0.25, -0.2) is 13.2 Å². The number of rotatable bonds is 3. The number of carbonyl (C=O) groups is 4. The van der Waals surface area contributed by atoms with E-state index in [9.17, 15) is 40.2 Å². The average Bonchev–Trinajstić information content (AvgIpc) is 3.13. The fourth-order valence-corrected chi connectivity index (χ4v) is 0.352. The van der Waals surface area contributed by atoms with Crippen LogP contribution in [0.3, 0.4) is 0 Å². The summed E-state index contributed by atoms with van der Waals surface area (Å²) >= 11 is 1.75. The maximum Gasteiger partial charge on any atom is 0.406 e. The first-order valence-electron chi connectivity index (χ1n) is 22.3. The van der Waals surface area contributed by atoms with E-state index in [4.69, 9.17) is 8.85 Å². The Morgan fingerprint density at radius 2 is 0.764 bits per heavy atom. The molecule has 0 fully saturated rings. The highest BCUT2D eigenvalue weighted by Crippen LogP contribution is 2.08. The number of sulfone groups is 1. The Hall–Kier alpha value is -1.53. The van der Waals surface area contributed by atoms with Gasteiger partial charge >= 0.3 is 20.6 Å². The molecule has 0 heterocycles. The van der Waals surface area contributed by atoms with Gasteiger partial charge in [-0.3, -0.25) is 18.0 Å². The number of nitrogens with zero attached hydrogens (tertiary/aromatic N) is 1. The van der Waals surface area contributed by atoms with Crippen LogP contribution in [0.25, 0.3) is 0 Å². The van der Waals surface area contributed by atoms with Crippen molar-refractivity contribution in [3.63, 3.8) is 0 Å². The SMILES string of the molecule is CC(C)(C)C.CC(C)=O.CC(C)C.CCC.CN(C)C.CNC.CNC(=O)OC.CNC(C)=O.COC.COC(C)=O.COS(C)(=O)=O.CO[Si](C)(C)OC.CS(C)(=O)=O.CS(C)=O.CSC.C[Si](C)(C)C. The quantitative estimate of drug-likeness (QED) is 0.135. The molecule has 456 valence electrons. The van der Waals surface area contributed by atoms with Crippen molar-refractivity contribution in [1.82, 2.24) is 20.9 Å². The zero-order valence-corrected chi connectivity index (χ0v) is 59.8. The predicted octanol–water partition coefficient (Wildman–Crippen LogP) is 9.07. The summed E-state index contributed by atoms with van der Waals surface area (Å²) in [7, 11) is 14.5. The van der Waals surface area contributed by atoms with Gasteiger partial charge in [0.05, 0.1) is 27.6 Å². The molecule has 0 spiro atoms. The van der Waals surface area contributed by atoms with Crippen LogP contribution in [0.2, 0.25) is 39.3 Å². The van der Waals surface area contributed by atoms with E-state index in [2.05, 4.69) is 123 Å². The highest BCUT2D eigenvalue weighted by molar-refractivity contribution is 7.97. The van der Waals surface area contributed by atoms with Crippen LogP contribution < -0.4 is 16.0 Å². The van der Waals surface area contributed by atoms with Crippen LogP contribution >= 0.6 is 11.8 Å². The van der Waals surface area contributed by atoms with Crippen molar-refractivity contribution >= 4 is 82.9 Å². The van der Waals surface area contributed by atoms with Crippen LogP contribution in [0.5, 0.6) is 0 Å². The van der Waals surface area contributed by atoms with Gasteiger partial charge in [-0.1, -0.05) is 94.9 Å². The molecule has 0 aromatic carbocycles. The molecule has 72 heavy (non-hydrogen) atoms. The minimum atomic E-state index is -3.16. The van der Waals surface area contributed by atoms with Gasteiger partial charge in [0.1, 0.15) is 15.6 Å². The van der Waals surface area contributed by atoms with Crippen LogP contribution in [-0.2, 0) is 72.4 Å². The molecule has 0 atom stereocenters. The summed E-state index contributed by atoms with van der Waals surface area (Å²) < 4.78 is 74.8. The normalized spacial score (nSPS) is 8.99. The third kappa shape index (κ3) is 1300. The number of thioether (sulfide) groups is 1. The van der Waals surface area contributed by atoms with Gasteiger partial charge in [-0.2, -0.15) is 20.2 Å². The number of ether oxygens (including phenoxy) is 3. The molecule has 0 radical (unpaired) electrons. The first-order valence-corrected chi connectivity index (χ1v) is 36.9. The van der Waals surface area contributed by atoms with Crippen molar-refractivity contribution in [3.05, 3.63) is 0 Å². The summed E-state index contributed by atoms with van der Waals surface area (Å²) in [5, 5.41) is 7.39. The fourth-order valence-electron chi connectivity index (χ4n) is 0.185. The van der Waals surface area contributed by atoms with Crippen molar-refractivity contribution in [2.75, 3.05) is 143 Å². The molecule has 0 unspecified atom stereocenters. The van der Waals surface area contributed by atoms with Crippen molar-refractivity contribution in [3.8, 4) is 0 Å². The topological polar surface area (TPSA) is 248 Å². The Morgan fingerprint density at radius 1 is 0.653 bits per heavy atom. The number of alkyl carbamates (subject to hydrolysis) is 1. The van der Waals surface area contributed by atoms with Gasteiger partial charge in [0.2, 0.25) is 5.91 Å². The molecular weight excluding hydrogens is 1040 g/mol. The summed E-state index contributed by atoms with van der Waals surface area (Å²) in [5.74, 6) is 0.759. The minimum absolute atomic E-state index is 0.00463. The molecule has 19 nitrogen and oxygen atoms in total. The minimum Gasteiger partial charge on any atom is -0.469 e. The van der Waals surface area contributed by atoms with Crippen molar-refractivity contribution < 1.29 is 67.5 Å². The van der Waals surface area contributed by atoms with Gasteiger partial charge in [-0.15, -0.1) is 0 Å². The van der Waals surface area contributed by atoms with Crippen LogP contribution in [-0.4, -0.2) is 209 Å². The highest BCUT2D eigenvalue weighted by atomic mass is 32.2. The molecule has 0 rings (SSSR count). The van der Waals surface area contributed by atoms with Crippen molar-refractivity contribution in [2.24, 2.45) is 11.3 Å². The molecule has 0 aliphatic heterocycles. The number of hydrogen-bond donors (Lipinski definition) is 3. The molecule has 0 saturated heterocycles. The van der Waals surface area contributed by atoms with E-state index in [1.807, 2.05) is 65.7 Å². The van der Waals surface area contributed by atoms with Gasteiger partial charge in [-0.05, 0) is 86.0 Å². The summed E-state index contributed by atoms with van der Waals surface area (Å²) in [6.45, 7) is 38.7. The Bertz CT molecular complexity index is 1160. The van der Waals surface area contributed by atoms with Crippen LogP contribution in [0.4, 0.5) is 4.79 Å². The zero-order valence-electron chi connectivity index (χ0n) is 54.5. The molecule has 3 N–H and O–H groups in total. The average molecular weight is 1170 g/mol. The monoisotopic (exact) mass is 1170 g/mol. The smallest absolute Gasteiger partial charge is 0.406 e. The van der Waals surface area contributed by atoms with Crippen LogP contribution in [0, 0.1) is 11.3 Å². The van der Waals surface area contributed by atoms with E-state index < -0.39 is 53.5 Å². The lowest BCUT2D eigenvalue weighted by atomic mass is 10.0. The first-order chi connectivity index (χ1) is 31.6. The number of ketones is 1. The van der Waals surface area contributed by atoms with Gasteiger partial charge < -0.3 is 48.7 Å². The van der Waals surface area contributed by atoms with Gasteiger partial charge in [0, 0.05) is 100 Å². The second-order valence-corrected chi connectivity index (χ2v) is 34.8. The third-order valence-corrected chi connectivity index (χ3v) is 4.89. The predicted molar refractivity (Wildman–Crippen MR) is 327 cm³/mol. The molecule has 0 aliphatic rings. The van der Waals surface area contributed by atoms with E-state index in [1.54, 1.807) is 59.8 Å². The number of esters is 1. The lowest BCUT2D eigenvalue weighted by molar-refractivity contribution is -0.138. The summed E-state index contributed by atoms with van der Waals surface area (Å²) in [4.78, 5) is 40.6. The number of hydrogen-bond acceptors (Lipinski definition) is 18. The maximum atomic E-state index is 9.85. The molecule has 0 saturated carbocycles. The Balaban J connectivity index is -0.0000000334. The lowest BCUT2D eigenvalue weighted by Gasteiger charge is -2.15. The van der Waals surface area contributed by atoms with Crippen LogP contribution in [0.15, 0.2) is 0 Å². The number of amides is 2. The lowest BCUT2D eigenvalue weighted by Crippen LogP contribution is -2.31. The van der Waals surface area contributed by atoms with E-state index in [1.165, 1.54) is 55.4 Å². The number of methoxy groups -OCH3 is 3. The van der Waals surface area contributed by atoms with E-state index in [0.29, 0.717) is 5.41 Å². The molecule has 25 heteroatoms.